The molecule has 0 fully saturated rings. The molecule has 0 saturated carbocycles. The summed E-state index contributed by atoms with van der Waals surface area (Å²) in [4.78, 5) is 0.580. The average Bonchev–Trinajstić information content (AvgIpc) is 2.40. The largest absolute Gasteiger partial charge is 0.457 e. The fourth-order valence-electron chi connectivity index (χ4n) is 1.38. The molecular formula is C12H10O5S2. The zero-order valence-electron chi connectivity index (χ0n) is 9.55. The summed E-state index contributed by atoms with van der Waals surface area (Å²) in [6.45, 7) is 0. The lowest BCUT2D eigenvalue weighted by atomic mass is 10.3. The lowest BCUT2D eigenvalue weighted by molar-refractivity contribution is 0.481. The zero-order chi connectivity index (χ0) is 13.8. The van der Waals surface area contributed by atoms with E-state index in [0.717, 1.165) is 0 Å². The van der Waals surface area contributed by atoms with Gasteiger partial charge in [-0.1, -0.05) is 0 Å². The molecule has 19 heavy (non-hydrogen) atoms. The minimum atomic E-state index is -2.01. The molecule has 0 amide bonds. The molecule has 2 unspecified atom stereocenters. The lowest BCUT2D eigenvalue weighted by Gasteiger charge is -2.06. The quantitative estimate of drug-likeness (QED) is 0.848. The molecule has 2 rings (SSSR count). The van der Waals surface area contributed by atoms with Crippen LogP contribution >= 0.6 is 0 Å². The number of benzene rings is 2. The van der Waals surface area contributed by atoms with Crippen molar-refractivity contribution in [3.05, 3.63) is 48.5 Å². The summed E-state index contributed by atoms with van der Waals surface area (Å²) >= 11 is -4.02. The Labute approximate surface area is 114 Å². The van der Waals surface area contributed by atoms with E-state index in [-0.39, 0.29) is 0 Å². The fraction of sp³-hybridized carbons (Fsp3) is 0. The molecule has 0 aromatic heterocycles. The summed E-state index contributed by atoms with van der Waals surface area (Å²) in [6.07, 6.45) is 0. The van der Waals surface area contributed by atoms with Gasteiger partial charge < -0.3 is 13.8 Å². The number of rotatable bonds is 4. The third-order valence-corrected chi connectivity index (χ3v) is 3.64. The van der Waals surface area contributed by atoms with Crippen molar-refractivity contribution in [2.45, 2.75) is 9.79 Å². The molecule has 0 aliphatic carbocycles. The maximum atomic E-state index is 10.8. The highest BCUT2D eigenvalue weighted by atomic mass is 32.2. The molecule has 2 aromatic carbocycles. The first-order valence-electron chi connectivity index (χ1n) is 5.16. The van der Waals surface area contributed by atoms with E-state index in [4.69, 9.17) is 13.8 Å². The second-order valence-electron chi connectivity index (χ2n) is 3.54. The number of hydrogen-bond donors (Lipinski definition) is 2. The second-order valence-corrected chi connectivity index (χ2v) is 5.48. The van der Waals surface area contributed by atoms with Crippen LogP contribution in [0.4, 0.5) is 0 Å². The van der Waals surface area contributed by atoms with Crippen LogP contribution in [0.25, 0.3) is 0 Å². The predicted molar refractivity (Wildman–Crippen MR) is 71.0 cm³/mol. The van der Waals surface area contributed by atoms with Gasteiger partial charge in [-0.2, -0.15) is 0 Å². The van der Waals surface area contributed by atoms with Gasteiger partial charge in [0.1, 0.15) is 11.5 Å². The molecule has 2 aromatic rings. The third-order valence-electron chi connectivity index (χ3n) is 2.29. The summed E-state index contributed by atoms with van der Waals surface area (Å²) in [5, 5.41) is 0. The topological polar surface area (TPSA) is 83.8 Å². The molecule has 0 bridgehead atoms. The summed E-state index contributed by atoms with van der Waals surface area (Å²) in [6, 6.07) is 12.2. The minimum absolute atomic E-state index is 0.290. The molecule has 0 aliphatic rings. The molecule has 0 saturated heterocycles. The van der Waals surface area contributed by atoms with E-state index in [1.165, 1.54) is 24.3 Å². The van der Waals surface area contributed by atoms with Gasteiger partial charge in [0.15, 0.2) is 22.2 Å². The Kier molecular flexibility index (Phi) is 4.43. The minimum Gasteiger partial charge on any atom is -0.457 e. The maximum Gasteiger partial charge on any atom is 0.186 e. The van der Waals surface area contributed by atoms with E-state index in [9.17, 15) is 8.42 Å². The Hall–Kier alpha value is -1.54. The van der Waals surface area contributed by atoms with Crippen molar-refractivity contribution < 1.29 is 22.3 Å². The van der Waals surface area contributed by atoms with Crippen molar-refractivity contribution in [1.29, 1.82) is 0 Å². The van der Waals surface area contributed by atoms with Crippen LogP contribution in [0.15, 0.2) is 58.3 Å². The van der Waals surface area contributed by atoms with Gasteiger partial charge in [0.25, 0.3) is 0 Å². The number of hydrogen-bond acceptors (Lipinski definition) is 3. The normalized spacial score (nSPS) is 13.8. The molecule has 0 heterocycles. The van der Waals surface area contributed by atoms with Crippen molar-refractivity contribution in [2.75, 3.05) is 0 Å². The summed E-state index contributed by atoms with van der Waals surface area (Å²) in [5.41, 5.74) is 0. The van der Waals surface area contributed by atoms with Crippen LogP contribution in [-0.2, 0) is 22.2 Å². The molecule has 2 atom stereocenters. The molecule has 0 aliphatic heterocycles. The summed E-state index contributed by atoms with van der Waals surface area (Å²) in [5.74, 6) is 1.01. The molecule has 100 valence electrons. The van der Waals surface area contributed by atoms with Crippen LogP contribution in [0.2, 0.25) is 0 Å². The highest BCUT2D eigenvalue weighted by molar-refractivity contribution is 7.79. The molecular weight excluding hydrogens is 288 g/mol. The van der Waals surface area contributed by atoms with Gasteiger partial charge in [-0.25, -0.2) is 8.42 Å². The van der Waals surface area contributed by atoms with Crippen LogP contribution < -0.4 is 4.74 Å². The van der Waals surface area contributed by atoms with Crippen LogP contribution in [-0.4, -0.2) is 17.5 Å². The van der Waals surface area contributed by atoms with Crippen molar-refractivity contribution in [1.82, 2.24) is 0 Å². The molecule has 0 spiro atoms. The zero-order valence-corrected chi connectivity index (χ0v) is 11.2. The first-order chi connectivity index (χ1) is 9.06. The van der Waals surface area contributed by atoms with E-state index >= 15 is 0 Å². The van der Waals surface area contributed by atoms with Crippen LogP contribution in [0.3, 0.4) is 0 Å². The first-order valence-corrected chi connectivity index (χ1v) is 7.37. The van der Waals surface area contributed by atoms with Gasteiger partial charge in [0.05, 0.1) is 9.79 Å². The van der Waals surface area contributed by atoms with Crippen molar-refractivity contribution >= 4 is 22.2 Å². The van der Waals surface area contributed by atoms with Crippen molar-refractivity contribution in [3.63, 3.8) is 0 Å². The average molecular weight is 298 g/mol. The van der Waals surface area contributed by atoms with Crippen LogP contribution in [0.5, 0.6) is 11.5 Å². The molecule has 5 nitrogen and oxygen atoms in total. The lowest BCUT2D eigenvalue weighted by Crippen LogP contribution is -1.90. The third kappa shape index (κ3) is 3.71. The van der Waals surface area contributed by atoms with Gasteiger partial charge in [-0.15, -0.1) is 0 Å². The Morgan fingerprint density at radius 2 is 1.00 bits per heavy atom. The maximum absolute atomic E-state index is 10.8. The second kappa shape index (κ2) is 6.07. The predicted octanol–water partition coefficient (Wildman–Crippen LogP) is 2.64. The van der Waals surface area contributed by atoms with E-state index in [2.05, 4.69) is 0 Å². The SMILES string of the molecule is O=S(O)c1ccc(Oc2ccc(S(=O)O)cc2)cc1. The Bertz CT molecular complexity index is 552. The van der Waals surface area contributed by atoms with E-state index in [0.29, 0.717) is 21.3 Å². The highest BCUT2D eigenvalue weighted by Crippen LogP contribution is 2.23. The van der Waals surface area contributed by atoms with Gasteiger partial charge in [-0.3, -0.25) is 0 Å². The van der Waals surface area contributed by atoms with Gasteiger partial charge in [0, 0.05) is 0 Å². The Balaban J connectivity index is 2.12. The number of ether oxygens (including phenoxy) is 1. The molecule has 7 heteroatoms. The summed E-state index contributed by atoms with van der Waals surface area (Å²) < 4.78 is 44.8. The van der Waals surface area contributed by atoms with E-state index < -0.39 is 22.2 Å². The smallest absolute Gasteiger partial charge is 0.186 e. The Morgan fingerprint density at radius 3 is 1.26 bits per heavy atom. The van der Waals surface area contributed by atoms with E-state index in [1.807, 2.05) is 0 Å². The van der Waals surface area contributed by atoms with Crippen LogP contribution in [0, 0.1) is 0 Å². The first kappa shape index (κ1) is 13.9. The van der Waals surface area contributed by atoms with E-state index in [1.54, 1.807) is 24.3 Å². The monoisotopic (exact) mass is 298 g/mol. The Morgan fingerprint density at radius 1 is 0.684 bits per heavy atom. The van der Waals surface area contributed by atoms with Crippen molar-refractivity contribution in [3.8, 4) is 11.5 Å². The molecule has 2 N–H and O–H groups in total. The van der Waals surface area contributed by atoms with Gasteiger partial charge >= 0.3 is 0 Å². The van der Waals surface area contributed by atoms with Gasteiger partial charge in [0.2, 0.25) is 0 Å². The molecule has 0 radical (unpaired) electrons. The fourth-order valence-corrected chi connectivity index (χ4v) is 2.12. The standard InChI is InChI=1S/C12H10O5S2/c13-18(14)11-5-1-9(2-6-11)17-10-3-7-12(8-4-10)19(15)16/h1-8H,(H,13,14)(H,15,16). The van der Waals surface area contributed by atoms with Crippen molar-refractivity contribution in [2.24, 2.45) is 0 Å². The van der Waals surface area contributed by atoms with Crippen LogP contribution in [0.1, 0.15) is 0 Å². The van der Waals surface area contributed by atoms with Gasteiger partial charge in [-0.05, 0) is 48.5 Å². The highest BCUT2D eigenvalue weighted by Gasteiger charge is 2.03. The summed E-state index contributed by atoms with van der Waals surface area (Å²) in [7, 11) is 0.